The highest BCUT2D eigenvalue weighted by atomic mass is 16.4. The largest absolute Gasteiger partial charge is 0.478 e. The number of para-hydroxylation sites is 1. The van der Waals surface area contributed by atoms with Gasteiger partial charge in [0.1, 0.15) is 5.82 Å². The Balaban J connectivity index is 1.38. The molecule has 0 fully saturated rings. The van der Waals surface area contributed by atoms with Crippen molar-refractivity contribution in [2.75, 3.05) is 12.4 Å². The molecule has 0 aliphatic heterocycles. The maximum absolute atomic E-state index is 12.6. The third-order valence-electron chi connectivity index (χ3n) is 5.67. The molecule has 2 aromatic heterocycles. The Labute approximate surface area is 202 Å². The van der Waals surface area contributed by atoms with Gasteiger partial charge in [0.25, 0.3) is 5.91 Å². The first kappa shape index (κ1) is 23.4. The smallest absolute Gasteiger partial charge is 0.336 e. The van der Waals surface area contributed by atoms with Gasteiger partial charge >= 0.3 is 5.97 Å². The van der Waals surface area contributed by atoms with E-state index in [1.54, 1.807) is 42.3 Å². The van der Waals surface area contributed by atoms with Crippen LogP contribution in [0, 0.1) is 0 Å². The zero-order chi connectivity index (χ0) is 24.9. The van der Waals surface area contributed by atoms with E-state index in [9.17, 15) is 19.5 Å². The van der Waals surface area contributed by atoms with Crippen LogP contribution in [-0.2, 0) is 18.4 Å². The maximum Gasteiger partial charge on any atom is 0.336 e. The number of rotatable bonds is 7. The molecule has 2 N–H and O–H groups in total. The van der Waals surface area contributed by atoms with Crippen molar-refractivity contribution in [2.24, 2.45) is 7.05 Å². The molecule has 8 heteroatoms. The Hall–Kier alpha value is -4.72. The Kier molecular flexibility index (Phi) is 6.73. The third kappa shape index (κ3) is 5.27. The Morgan fingerprint density at radius 2 is 1.74 bits per heavy atom. The van der Waals surface area contributed by atoms with Crippen LogP contribution in [0.1, 0.15) is 32.0 Å². The third-order valence-corrected chi connectivity index (χ3v) is 5.67. The molecular weight excluding hydrogens is 444 g/mol. The number of fused-ring (bicyclic) bond motifs is 1. The summed E-state index contributed by atoms with van der Waals surface area (Å²) >= 11 is 0. The van der Waals surface area contributed by atoms with E-state index in [4.69, 9.17) is 0 Å². The molecule has 2 heterocycles. The summed E-state index contributed by atoms with van der Waals surface area (Å²) < 4.78 is 2.08. The van der Waals surface area contributed by atoms with Crippen LogP contribution in [0.4, 0.5) is 5.82 Å². The van der Waals surface area contributed by atoms with E-state index >= 15 is 0 Å². The van der Waals surface area contributed by atoms with Crippen LogP contribution >= 0.6 is 0 Å². The van der Waals surface area contributed by atoms with Crippen molar-refractivity contribution >= 4 is 40.6 Å². The molecule has 0 bridgehead atoms. The molecule has 176 valence electrons. The number of benzene rings is 2. The minimum Gasteiger partial charge on any atom is -0.478 e. The van der Waals surface area contributed by atoms with Gasteiger partial charge in [-0.2, -0.15) is 0 Å². The number of carboxylic acids is 1. The van der Waals surface area contributed by atoms with Crippen LogP contribution in [0.3, 0.4) is 0 Å². The van der Waals surface area contributed by atoms with Gasteiger partial charge in [0, 0.05) is 37.6 Å². The first-order chi connectivity index (χ1) is 16.8. The van der Waals surface area contributed by atoms with Gasteiger partial charge in [-0.25, -0.2) is 9.78 Å². The highest BCUT2D eigenvalue weighted by molar-refractivity contribution is 6.10. The van der Waals surface area contributed by atoms with E-state index in [1.807, 2.05) is 31.3 Å². The molecule has 4 aromatic rings. The fourth-order valence-electron chi connectivity index (χ4n) is 3.74. The van der Waals surface area contributed by atoms with Crippen LogP contribution in [0.5, 0.6) is 0 Å². The zero-order valence-corrected chi connectivity index (χ0v) is 19.3. The number of likely N-dealkylation sites (N-methyl/N-ethyl adjacent to an activating group) is 1. The highest BCUT2D eigenvalue weighted by Gasteiger charge is 2.16. The van der Waals surface area contributed by atoms with Crippen molar-refractivity contribution in [3.8, 4) is 0 Å². The molecule has 0 aliphatic carbocycles. The summed E-state index contributed by atoms with van der Waals surface area (Å²) in [4.78, 5) is 42.2. The number of aromatic nitrogens is 2. The molecule has 35 heavy (non-hydrogen) atoms. The summed E-state index contributed by atoms with van der Waals surface area (Å²) in [7, 11) is 3.73. The van der Waals surface area contributed by atoms with Gasteiger partial charge in [0.05, 0.1) is 17.7 Å². The number of carbonyl (C=O) groups excluding carboxylic acids is 2. The van der Waals surface area contributed by atoms with Crippen molar-refractivity contribution in [1.82, 2.24) is 14.5 Å². The van der Waals surface area contributed by atoms with Crippen LogP contribution in [0.15, 0.2) is 79.0 Å². The summed E-state index contributed by atoms with van der Waals surface area (Å²) in [5, 5.41) is 13.0. The maximum atomic E-state index is 12.6. The minimum atomic E-state index is -1.18. The zero-order valence-electron chi connectivity index (χ0n) is 19.3. The normalized spacial score (nSPS) is 11.0. The first-order valence-electron chi connectivity index (χ1n) is 10.9. The number of carboxylic acid groups (broad SMARTS) is 1. The van der Waals surface area contributed by atoms with Gasteiger partial charge < -0.3 is 19.9 Å². The van der Waals surface area contributed by atoms with Gasteiger partial charge in [-0.3, -0.25) is 9.59 Å². The Bertz CT molecular complexity index is 1440. The van der Waals surface area contributed by atoms with Crippen LogP contribution in [-0.4, -0.2) is 44.4 Å². The molecule has 2 amide bonds. The second-order valence-electron chi connectivity index (χ2n) is 8.06. The monoisotopic (exact) mass is 468 g/mol. The van der Waals surface area contributed by atoms with Gasteiger partial charge in [-0.05, 0) is 53.4 Å². The van der Waals surface area contributed by atoms with E-state index in [2.05, 4.69) is 20.9 Å². The lowest BCUT2D eigenvalue weighted by molar-refractivity contribution is -0.125. The molecule has 0 saturated carbocycles. The lowest BCUT2D eigenvalue weighted by Crippen LogP contribution is -2.25. The quantitative estimate of drug-likeness (QED) is 0.396. The van der Waals surface area contributed by atoms with E-state index in [0.717, 1.165) is 16.6 Å². The number of pyridine rings is 1. The van der Waals surface area contributed by atoms with E-state index < -0.39 is 11.9 Å². The second kappa shape index (κ2) is 10.0. The van der Waals surface area contributed by atoms with E-state index in [0.29, 0.717) is 12.1 Å². The fraction of sp³-hybridized carbons (Fsp3) is 0.111. The number of nitrogens with one attached hydrogen (secondary N) is 1. The molecule has 0 spiro atoms. The molecule has 0 saturated heterocycles. The van der Waals surface area contributed by atoms with Crippen molar-refractivity contribution < 1.29 is 19.5 Å². The molecule has 0 radical (unpaired) electrons. The summed E-state index contributed by atoms with van der Waals surface area (Å²) in [5.74, 6) is -1.63. The number of aryl methyl sites for hydroxylation is 1. The standard InChI is InChI=1S/C27H24N4O4/c1-30(17-20-15-19-7-3-6-10-23(19)31(20)2)25(32)14-12-18-11-13-24(28-16-18)29-26(33)21-8-4-5-9-22(21)27(34)35/h3-16H,17H2,1-2H3,(H,34,35)(H,28,29,33). The molecule has 8 nitrogen and oxygen atoms in total. The second-order valence-corrected chi connectivity index (χ2v) is 8.06. The predicted octanol–water partition coefficient (Wildman–Crippen LogP) is 4.20. The molecular formula is C27H24N4O4. The topological polar surface area (TPSA) is 105 Å². The number of aromatic carboxylic acids is 1. The predicted molar refractivity (Wildman–Crippen MR) is 134 cm³/mol. The summed E-state index contributed by atoms with van der Waals surface area (Å²) in [6.07, 6.45) is 4.64. The van der Waals surface area contributed by atoms with Crippen LogP contribution in [0.25, 0.3) is 17.0 Å². The molecule has 0 unspecified atom stereocenters. The van der Waals surface area contributed by atoms with Gasteiger partial charge in [-0.15, -0.1) is 0 Å². The fourth-order valence-corrected chi connectivity index (χ4v) is 3.74. The molecule has 0 atom stereocenters. The van der Waals surface area contributed by atoms with Crippen LogP contribution < -0.4 is 5.32 Å². The molecule has 0 aliphatic rings. The highest BCUT2D eigenvalue weighted by Crippen LogP contribution is 2.19. The number of hydrogen-bond acceptors (Lipinski definition) is 4. The van der Waals surface area contributed by atoms with Crippen molar-refractivity contribution in [1.29, 1.82) is 0 Å². The van der Waals surface area contributed by atoms with Crippen molar-refractivity contribution in [3.63, 3.8) is 0 Å². The van der Waals surface area contributed by atoms with Gasteiger partial charge in [-0.1, -0.05) is 30.3 Å². The van der Waals surface area contributed by atoms with Crippen molar-refractivity contribution in [2.45, 2.75) is 6.54 Å². The van der Waals surface area contributed by atoms with Crippen LogP contribution in [0.2, 0.25) is 0 Å². The van der Waals surface area contributed by atoms with E-state index in [1.165, 1.54) is 24.4 Å². The minimum absolute atomic E-state index is 0.0468. The van der Waals surface area contributed by atoms with Gasteiger partial charge in [0.2, 0.25) is 5.91 Å². The number of carbonyl (C=O) groups is 3. The number of nitrogens with zero attached hydrogens (tertiary/aromatic N) is 3. The number of amides is 2. The van der Waals surface area contributed by atoms with Gasteiger partial charge in [0.15, 0.2) is 0 Å². The lowest BCUT2D eigenvalue weighted by atomic mass is 10.1. The molecule has 2 aromatic carbocycles. The summed E-state index contributed by atoms with van der Waals surface area (Å²) in [6, 6.07) is 19.4. The van der Waals surface area contributed by atoms with Crippen molar-refractivity contribution in [3.05, 3.63) is 101 Å². The SMILES string of the molecule is CN(Cc1cc2ccccc2n1C)C(=O)C=Cc1ccc(NC(=O)c2ccccc2C(=O)O)nc1. The Morgan fingerprint density at radius 3 is 2.43 bits per heavy atom. The number of hydrogen-bond donors (Lipinski definition) is 2. The summed E-state index contributed by atoms with van der Waals surface area (Å²) in [5.41, 5.74) is 2.78. The Morgan fingerprint density at radius 1 is 1.03 bits per heavy atom. The first-order valence-corrected chi connectivity index (χ1v) is 10.9. The number of anilines is 1. The summed E-state index contributed by atoms with van der Waals surface area (Å²) in [6.45, 7) is 0.468. The molecule has 4 rings (SSSR count). The average Bonchev–Trinajstić information content (AvgIpc) is 3.18. The lowest BCUT2D eigenvalue weighted by Gasteiger charge is -2.15. The van der Waals surface area contributed by atoms with E-state index in [-0.39, 0.29) is 22.9 Å². The average molecular weight is 469 g/mol.